The Morgan fingerprint density at radius 3 is 2.16 bits per heavy atom. The molecule has 9 nitrogen and oxygen atoms in total. The van der Waals surface area contributed by atoms with Crippen LogP contribution in [0.15, 0.2) is 66.7 Å². The Morgan fingerprint density at radius 1 is 0.946 bits per heavy atom. The van der Waals surface area contributed by atoms with Gasteiger partial charge in [-0.1, -0.05) is 18.2 Å². The number of benzene rings is 3. The van der Waals surface area contributed by atoms with Gasteiger partial charge in [0.25, 0.3) is 5.91 Å². The van der Waals surface area contributed by atoms with Crippen LogP contribution in [0.3, 0.4) is 0 Å². The smallest absolute Gasteiger partial charge is 0.258 e. The van der Waals surface area contributed by atoms with Gasteiger partial charge in [0.05, 0.1) is 26.5 Å². The molecule has 3 aromatic rings. The summed E-state index contributed by atoms with van der Waals surface area (Å²) in [7, 11) is -0.467. The minimum Gasteiger partial charge on any atom is -0.497 e. The molecule has 2 N–H and O–H groups in total. The maximum Gasteiger partial charge on any atom is 0.258 e. The molecule has 194 valence electrons. The molecule has 0 fully saturated rings. The highest BCUT2D eigenvalue weighted by Crippen LogP contribution is 2.32. The van der Waals surface area contributed by atoms with Crippen molar-refractivity contribution in [2.75, 3.05) is 37.2 Å². The first-order valence-corrected chi connectivity index (χ1v) is 13.6. The van der Waals surface area contributed by atoms with Crippen molar-refractivity contribution >= 4 is 33.2 Å². The van der Waals surface area contributed by atoms with E-state index in [4.69, 9.17) is 9.47 Å². The van der Waals surface area contributed by atoms with Crippen molar-refractivity contribution in [2.24, 2.45) is 0 Å². The van der Waals surface area contributed by atoms with Crippen molar-refractivity contribution in [3.05, 3.63) is 83.4 Å². The van der Waals surface area contributed by atoms with Crippen molar-refractivity contribution in [1.82, 2.24) is 4.72 Å². The third-order valence-electron chi connectivity index (χ3n) is 6.11. The molecule has 37 heavy (non-hydrogen) atoms. The Hall–Kier alpha value is -3.89. The third-order valence-corrected chi connectivity index (χ3v) is 6.82. The molecular formula is C27H29N3O6S. The third kappa shape index (κ3) is 6.46. The average molecular weight is 524 g/mol. The lowest BCUT2D eigenvalue weighted by Crippen LogP contribution is -2.31. The summed E-state index contributed by atoms with van der Waals surface area (Å²) in [5.74, 6) is 0.782. The second-order valence-electron chi connectivity index (χ2n) is 8.75. The van der Waals surface area contributed by atoms with Gasteiger partial charge in [0.1, 0.15) is 11.5 Å². The number of nitrogens with zero attached hydrogens (tertiary/aromatic N) is 1. The molecule has 0 spiro atoms. The van der Waals surface area contributed by atoms with Crippen LogP contribution in [-0.4, -0.2) is 47.3 Å². The van der Waals surface area contributed by atoms with Gasteiger partial charge in [-0.05, 0) is 66.1 Å². The average Bonchev–Trinajstić information content (AvgIpc) is 3.30. The molecule has 0 unspecified atom stereocenters. The molecule has 1 aliphatic rings. The van der Waals surface area contributed by atoms with E-state index < -0.39 is 16.1 Å². The zero-order valence-corrected chi connectivity index (χ0v) is 21.7. The van der Waals surface area contributed by atoms with E-state index in [9.17, 15) is 18.0 Å². The number of hydrogen-bond donors (Lipinski definition) is 2. The SMILES string of the molecule is COc1ccc(C(=O)N2CCc3ccc(NC(=O)C[C@@H](NS(C)(=O)=O)c4ccc(OC)cc4)cc32)cc1. The minimum atomic E-state index is -3.57. The Bertz CT molecular complexity index is 1390. The van der Waals surface area contributed by atoms with Crippen LogP contribution in [0.5, 0.6) is 11.5 Å². The van der Waals surface area contributed by atoms with Gasteiger partial charge in [0, 0.05) is 29.9 Å². The maximum absolute atomic E-state index is 13.1. The van der Waals surface area contributed by atoms with Crippen molar-refractivity contribution < 1.29 is 27.5 Å². The lowest BCUT2D eigenvalue weighted by Gasteiger charge is -2.20. The number of amides is 2. The van der Waals surface area contributed by atoms with E-state index in [0.29, 0.717) is 41.3 Å². The number of ether oxygens (including phenoxy) is 2. The maximum atomic E-state index is 13.1. The van der Waals surface area contributed by atoms with Gasteiger partial charge < -0.3 is 19.7 Å². The van der Waals surface area contributed by atoms with Gasteiger partial charge in [-0.25, -0.2) is 13.1 Å². The van der Waals surface area contributed by atoms with Crippen LogP contribution in [0.2, 0.25) is 0 Å². The molecule has 1 heterocycles. The molecular weight excluding hydrogens is 494 g/mol. The fraction of sp³-hybridized carbons (Fsp3) is 0.259. The molecule has 0 radical (unpaired) electrons. The summed E-state index contributed by atoms with van der Waals surface area (Å²) >= 11 is 0. The number of hydrogen-bond acceptors (Lipinski definition) is 6. The number of sulfonamides is 1. The molecule has 3 aromatic carbocycles. The predicted octanol–water partition coefficient (Wildman–Crippen LogP) is 3.53. The van der Waals surface area contributed by atoms with Crippen molar-refractivity contribution in [2.45, 2.75) is 18.9 Å². The van der Waals surface area contributed by atoms with Gasteiger partial charge in [0.2, 0.25) is 15.9 Å². The fourth-order valence-corrected chi connectivity index (χ4v) is 5.01. The summed E-state index contributed by atoms with van der Waals surface area (Å²) in [6, 6.07) is 18.5. The predicted molar refractivity (Wildman–Crippen MR) is 142 cm³/mol. The van der Waals surface area contributed by atoms with Crippen LogP contribution < -0.4 is 24.4 Å². The largest absolute Gasteiger partial charge is 0.497 e. The van der Waals surface area contributed by atoms with E-state index in [1.54, 1.807) is 72.7 Å². The molecule has 0 aromatic heterocycles. The van der Waals surface area contributed by atoms with Crippen LogP contribution in [0, 0.1) is 0 Å². The van der Waals surface area contributed by atoms with Crippen LogP contribution >= 0.6 is 0 Å². The van der Waals surface area contributed by atoms with Crippen LogP contribution in [-0.2, 0) is 21.2 Å². The molecule has 0 saturated carbocycles. The summed E-state index contributed by atoms with van der Waals surface area (Å²) in [6.07, 6.45) is 1.64. The van der Waals surface area contributed by atoms with E-state index >= 15 is 0 Å². The van der Waals surface area contributed by atoms with Gasteiger partial charge in [-0.2, -0.15) is 0 Å². The van der Waals surface area contributed by atoms with E-state index in [-0.39, 0.29) is 18.2 Å². The summed E-state index contributed by atoms with van der Waals surface area (Å²) in [4.78, 5) is 27.8. The highest BCUT2D eigenvalue weighted by Gasteiger charge is 2.26. The van der Waals surface area contributed by atoms with Gasteiger partial charge in [-0.15, -0.1) is 0 Å². The first-order chi connectivity index (χ1) is 17.7. The number of carbonyl (C=O) groups is 2. The fourth-order valence-electron chi connectivity index (χ4n) is 4.28. The zero-order chi connectivity index (χ0) is 26.6. The van der Waals surface area contributed by atoms with E-state index in [1.807, 2.05) is 6.07 Å². The molecule has 10 heteroatoms. The number of anilines is 2. The van der Waals surface area contributed by atoms with Gasteiger partial charge >= 0.3 is 0 Å². The highest BCUT2D eigenvalue weighted by atomic mass is 32.2. The molecule has 0 bridgehead atoms. The number of methoxy groups -OCH3 is 2. The van der Waals surface area contributed by atoms with Gasteiger partial charge in [0.15, 0.2) is 0 Å². The molecule has 4 rings (SSSR count). The lowest BCUT2D eigenvalue weighted by molar-refractivity contribution is -0.116. The quantitative estimate of drug-likeness (QED) is 0.444. The second kappa shape index (κ2) is 11.0. The van der Waals surface area contributed by atoms with Crippen molar-refractivity contribution in [1.29, 1.82) is 0 Å². The van der Waals surface area contributed by atoms with Crippen LogP contribution in [0.1, 0.15) is 33.9 Å². The summed E-state index contributed by atoms with van der Waals surface area (Å²) in [5.41, 5.74) is 3.43. The molecule has 1 aliphatic heterocycles. The number of rotatable bonds is 9. The Balaban J connectivity index is 1.49. The molecule has 0 aliphatic carbocycles. The minimum absolute atomic E-state index is 0.120. The summed E-state index contributed by atoms with van der Waals surface area (Å²) < 4.78 is 36.7. The van der Waals surface area contributed by atoms with Crippen molar-refractivity contribution in [3.8, 4) is 11.5 Å². The normalized spacial score (nSPS) is 13.5. The van der Waals surface area contributed by atoms with E-state index in [0.717, 1.165) is 17.5 Å². The molecule has 0 saturated heterocycles. The zero-order valence-electron chi connectivity index (χ0n) is 20.9. The van der Waals surface area contributed by atoms with Gasteiger partial charge in [-0.3, -0.25) is 9.59 Å². The highest BCUT2D eigenvalue weighted by molar-refractivity contribution is 7.88. The second-order valence-corrected chi connectivity index (χ2v) is 10.5. The van der Waals surface area contributed by atoms with Crippen molar-refractivity contribution in [3.63, 3.8) is 0 Å². The monoisotopic (exact) mass is 523 g/mol. The molecule has 1 atom stereocenters. The summed E-state index contributed by atoms with van der Waals surface area (Å²) in [6.45, 7) is 0.537. The number of carbonyl (C=O) groups excluding carboxylic acids is 2. The standard InChI is InChI=1S/C27H29N3O6S/c1-35-22-10-5-18(6-11-22)24(29-37(3,33)34)17-26(31)28-21-9-4-19-14-15-30(25(19)16-21)27(32)20-7-12-23(36-2)13-8-20/h4-13,16,24,29H,14-15,17H2,1-3H3,(H,28,31)/t24-/m1/s1. The first kappa shape index (κ1) is 26.2. The number of nitrogens with one attached hydrogen (secondary N) is 2. The molecule has 2 amide bonds. The Kier molecular flexibility index (Phi) is 7.80. The van der Waals surface area contributed by atoms with E-state index in [2.05, 4.69) is 10.0 Å². The lowest BCUT2D eigenvalue weighted by atomic mass is 10.0. The number of fused-ring (bicyclic) bond motifs is 1. The topological polar surface area (TPSA) is 114 Å². The Labute approximate surface area is 216 Å². The van der Waals surface area contributed by atoms with Crippen LogP contribution in [0.4, 0.5) is 11.4 Å². The van der Waals surface area contributed by atoms with Crippen LogP contribution in [0.25, 0.3) is 0 Å². The Morgan fingerprint density at radius 2 is 1.57 bits per heavy atom. The first-order valence-electron chi connectivity index (χ1n) is 11.7. The van der Waals surface area contributed by atoms with E-state index in [1.165, 1.54) is 7.11 Å². The summed E-state index contributed by atoms with van der Waals surface area (Å²) in [5, 5.41) is 2.84.